The lowest BCUT2D eigenvalue weighted by molar-refractivity contribution is 0.179. The van der Waals surface area contributed by atoms with Crippen molar-refractivity contribution in [2.45, 2.75) is 31.7 Å². The quantitative estimate of drug-likeness (QED) is 0.634. The Morgan fingerprint density at radius 3 is 2.44 bits per heavy atom. The number of aliphatic imine (C=N–C) groups is 1. The van der Waals surface area contributed by atoms with Crippen LogP contribution in [0.1, 0.15) is 31.2 Å². The molecule has 0 amide bonds. The Labute approximate surface area is 109 Å². The average molecular weight is 246 g/mol. The highest BCUT2D eigenvalue weighted by molar-refractivity contribution is 5.98. The maximum absolute atomic E-state index is 9.14. The molecule has 0 radical (unpaired) electrons. The van der Waals surface area contributed by atoms with Crippen LogP contribution in [-0.2, 0) is 0 Å². The second-order valence-corrected chi connectivity index (χ2v) is 4.98. The number of nitrogens with zero attached hydrogens (tertiary/aromatic N) is 1. The van der Waals surface area contributed by atoms with Gasteiger partial charge in [0.1, 0.15) is 5.84 Å². The molecule has 0 atom stereocenters. The monoisotopic (exact) mass is 246 g/mol. The lowest BCUT2D eigenvalue weighted by atomic mass is 9.86. The molecular weight excluding hydrogens is 224 g/mol. The number of aliphatic hydroxyl groups is 1. The Morgan fingerprint density at radius 1 is 1.22 bits per heavy atom. The molecular formula is C15H22N2O. The van der Waals surface area contributed by atoms with Gasteiger partial charge in [-0.3, -0.25) is 4.99 Å². The fraction of sp³-hybridized carbons (Fsp3) is 0.533. The summed E-state index contributed by atoms with van der Waals surface area (Å²) in [6.45, 7) is 0.333. The maximum Gasteiger partial charge on any atom is 0.128 e. The van der Waals surface area contributed by atoms with Crippen LogP contribution in [0.5, 0.6) is 0 Å². The van der Waals surface area contributed by atoms with Gasteiger partial charge in [0.15, 0.2) is 0 Å². The van der Waals surface area contributed by atoms with Crippen LogP contribution < -0.4 is 5.32 Å². The number of hydrogen-bond acceptors (Lipinski definition) is 2. The first-order valence-corrected chi connectivity index (χ1v) is 6.73. The number of amidine groups is 1. The van der Waals surface area contributed by atoms with Crippen LogP contribution in [0.15, 0.2) is 35.3 Å². The Kier molecular flexibility index (Phi) is 4.76. The zero-order valence-electron chi connectivity index (χ0n) is 11.0. The van der Waals surface area contributed by atoms with Gasteiger partial charge in [-0.25, -0.2) is 0 Å². The minimum Gasteiger partial charge on any atom is -0.396 e. The molecule has 2 N–H and O–H groups in total. The van der Waals surface area contributed by atoms with Crippen LogP contribution in [0, 0.1) is 5.92 Å². The molecule has 3 nitrogen and oxygen atoms in total. The molecule has 0 heterocycles. The van der Waals surface area contributed by atoms with Crippen LogP contribution in [0.4, 0.5) is 0 Å². The van der Waals surface area contributed by atoms with Gasteiger partial charge in [0.25, 0.3) is 0 Å². The van der Waals surface area contributed by atoms with Gasteiger partial charge in [-0.05, 0) is 31.6 Å². The number of hydrogen-bond donors (Lipinski definition) is 2. The van der Waals surface area contributed by atoms with Crippen LogP contribution >= 0.6 is 0 Å². The minimum absolute atomic E-state index is 0.333. The van der Waals surface area contributed by atoms with Crippen LogP contribution in [0.2, 0.25) is 0 Å². The van der Waals surface area contributed by atoms with Crippen LogP contribution in [0.25, 0.3) is 0 Å². The molecule has 1 aliphatic rings. The Balaban J connectivity index is 1.93. The van der Waals surface area contributed by atoms with Gasteiger partial charge in [0, 0.05) is 25.3 Å². The third kappa shape index (κ3) is 3.33. The Morgan fingerprint density at radius 2 is 1.89 bits per heavy atom. The van der Waals surface area contributed by atoms with E-state index in [0.29, 0.717) is 18.6 Å². The smallest absolute Gasteiger partial charge is 0.128 e. The summed E-state index contributed by atoms with van der Waals surface area (Å²) < 4.78 is 0. The van der Waals surface area contributed by atoms with E-state index in [2.05, 4.69) is 22.4 Å². The highest BCUT2D eigenvalue weighted by Gasteiger charge is 2.21. The van der Waals surface area contributed by atoms with E-state index in [0.717, 1.165) is 37.1 Å². The zero-order valence-corrected chi connectivity index (χ0v) is 11.0. The summed E-state index contributed by atoms with van der Waals surface area (Å²) in [5, 5.41) is 12.7. The molecule has 0 unspecified atom stereocenters. The number of benzene rings is 1. The van der Waals surface area contributed by atoms with E-state index >= 15 is 0 Å². The molecule has 1 fully saturated rings. The molecule has 0 spiro atoms. The van der Waals surface area contributed by atoms with Crippen molar-refractivity contribution in [3.63, 3.8) is 0 Å². The fourth-order valence-electron chi connectivity index (χ4n) is 2.56. The largest absolute Gasteiger partial charge is 0.396 e. The van der Waals surface area contributed by atoms with Gasteiger partial charge in [-0.2, -0.15) is 0 Å². The first-order chi connectivity index (χ1) is 8.83. The minimum atomic E-state index is 0.333. The number of rotatable bonds is 3. The third-order valence-corrected chi connectivity index (χ3v) is 3.72. The van der Waals surface area contributed by atoms with Crippen molar-refractivity contribution < 1.29 is 5.11 Å². The van der Waals surface area contributed by atoms with E-state index in [1.807, 2.05) is 25.2 Å². The summed E-state index contributed by atoms with van der Waals surface area (Å²) in [7, 11) is 1.83. The van der Waals surface area contributed by atoms with Gasteiger partial charge in [-0.1, -0.05) is 30.3 Å². The second kappa shape index (κ2) is 6.55. The summed E-state index contributed by atoms with van der Waals surface area (Å²) in [5.41, 5.74) is 1.14. The molecule has 0 aromatic heterocycles. The molecule has 1 saturated carbocycles. The van der Waals surface area contributed by atoms with Crippen molar-refractivity contribution in [1.29, 1.82) is 0 Å². The van der Waals surface area contributed by atoms with Crippen molar-refractivity contribution in [3.05, 3.63) is 35.9 Å². The van der Waals surface area contributed by atoms with E-state index in [4.69, 9.17) is 5.11 Å². The molecule has 0 aliphatic heterocycles. The van der Waals surface area contributed by atoms with Crippen molar-refractivity contribution in [2.24, 2.45) is 10.9 Å². The topological polar surface area (TPSA) is 44.6 Å². The van der Waals surface area contributed by atoms with E-state index < -0.39 is 0 Å². The molecule has 0 saturated heterocycles. The molecule has 3 heteroatoms. The molecule has 1 aliphatic carbocycles. The lowest BCUT2D eigenvalue weighted by Crippen LogP contribution is -2.38. The van der Waals surface area contributed by atoms with Crippen molar-refractivity contribution in [3.8, 4) is 0 Å². The predicted molar refractivity (Wildman–Crippen MR) is 74.9 cm³/mol. The molecule has 0 bridgehead atoms. The molecule has 98 valence electrons. The number of nitrogens with one attached hydrogen (secondary N) is 1. The summed E-state index contributed by atoms with van der Waals surface area (Å²) >= 11 is 0. The fourth-order valence-corrected chi connectivity index (χ4v) is 2.56. The van der Waals surface area contributed by atoms with Gasteiger partial charge < -0.3 is 10.4 Å². The zero-order chi connectivity index (χ0) is 12.8. The van der Waals surface area contributed by atoms with E-state index in [-0.39, 0.29) is 0 Å². The Bertz CT molecular complexity index is 381. The van der Waals surface area contributed by atoms with Crippen LogP contribution in [-0.4, -0.2) is 30.6 Å². The van der Waals surface area contributed by atoms with Gasteiger partial charge >= 0.3 is 0 Å². The van der Waals surface area contributed by atoms with Gasteiger partial charge in [-0.15, -0.1) is 0 Å². The summed E-state index contributed by atoms with van der Waals surface area (Å²) in [6, 6.07) is 10.7. The third-order valence-electron chi connectivity index (χ3n) is 3.72. The van der Waals surface area contributed by atoms with E-state index in [9.17, 15) is 0 Å². The second-order valence-electron chi connectivity index (χ2n) is 4.98. The number of aliphatic hydroxyl groups excluding tert-OH is 1. The summed E-state index contributed by atoms with van der Waals surface area (Å²) in [6.07, 6.45) is 4.47. The first-order valence-electron chi connectivity index (χ1n) is 6.73. The average Bonchev–Trinajstić information content (AvgIpc) is 2.46. The Hall–Kier alpha value is -1.35. The van der Waals surface area contributed by atoms with Crippen molar-refractivity contribution >= 4 is 5.84 Å². The normalized spacial score (nSPS) is 24.9. The van der Waals surface area contributed by atoms with Crippen LogP contribution in [0.3, 0.4) is 0 Å². The SMILES string of the molecule is CN=C(NC1CCC(CO)CC1)c1ccccc1. The molecule has 18 heavy (non-hydrogen) atoms. The standard InChI is InChI=1S/C15H22N2O/c1-16-15(13-5-3-2-4-6-13)17-14-9-7-12(11-18)8-10-14/h2-6,12,14,18H,7-11H2,1H3,(H,16,17). The van der Waals surface area contributed by atoms with E-state index in [1.165, 1.54) is 0 Å². The van der Waals surface area contributed by atoms with Crippen molar-refractivity contribution in [1.82, 2.24) is 5.32 Å². The summed E-state index contributed by atoms with van der Waals surface area (Å²) in [4.78, 5) is 4.35. The van der Waals surface area contributed by atoms with Crippen molar-refractivity contribution in [2.75, 3.05) is 13.7 Å². The van der Waals surface area contributed by atoms with Gasteiger partial charge in [0.05, 0.1) is 0 Å². The highest BCUT2D eigenvalue weighted by atomic mass is 16.3. The van der Waals surface area contributed by atoms with Gasteiger partial charge in [0.2, 0.25) is 0 Å². The highest BCUT2D eigenvalue weighted by Crippen LogP contribution is 2.23. The molecule has 1 aromatic rings. The molecule has 2 rings (SSSR count). The first kappa shape index (κ1) is 13.1. The molecule has 1 aromatic carbocycles. The lowest BCUT2D eigenvalue weighted by Gasteiger charge is -2.29. The predicted octanol–water partition coefficient (Wildman–Crippen LogP) is 2.20. The summed E-state index contributed by atoms with van der Waals surface area (Å²) in [5.74, 6) is 1.48. The maximum atomic E-state index is 9.14. The van der Waals surface area contributed by atoms with E-state index in [1.54, 1.807) is 0 Å².